The van der Waals surface area contributed by atoms with E-state index in [0.29, 0.717) is 10.6 Å². The summed E-state index contributed by atoms with van der Waals surface area (Å²) < 4.78 is 24.7. The van der Waals surface area contributed by atoms with Crippen LogP contribution in [0.3, 0.4) is 0 Å². The summed E-state index contributed by atoms with van der Waals surface area (Å²) in [6.07, 6.45) is 0. The molecule has 2 heterocycles. The van der Waals surface area contributed by atoms with Crippen molar-refractivity contribution >= 4 is 38.7 Å². The second-order valence-electron chi connectivity index (χ2n) is 5.59. The molecule has 1 amide bonds. The molecule has 0 radical (unpaired) electrons. The smallest absolute Gasteiger partial charge is 0.253 e. The Kier molecular flexibility index (Phi) is 4.49. The Morgan fingerprint density at radius 3 is 2.78 bits per heavy atom. The van der Waals surface area contributed by atoms with Crippen LogP contribution in [-0.2, 0) is 9.84 Å². The highest BCUT2D eigenvalue weighted by Crippen LogP contribution is 2.31. The fourth-order valence-electron chi connectivity index (χ4n) is 2.67. The summed E-state index contributed by atoms with van der Waals surface area (Å²) in [5, 5.41) is 1.83. The highest BCUT2D eigenvalue weighted by atomic mass is 35.5. The normalized spacial score (nSPS) is 20.4. The molecule has 0 aliphatic carbocycles. The van der Waals surface area contributed by atoms with Crippen LogP contribution in [0.4, 0.5) is 0 Å². The van der Waals surface area contributed by atoms with Crippen molar-refractivity contribution in [2.24, 2.45) is 0 Å². The molecule has 0 saturated carbocycles. The molecule has 1 atom stereocenters. The third kappa shape index (κ3) is 3.29. The molecule has 3 rings (SSSR count). The van der Waals surface area contributed by atoms with E-state index in [-0.39, 0.29) is 24.7 Å². The molecular formula is C16H16ClNO3S2. The summed E-state index contributed by atoms with van der Waals surface area (Å²) in [6.45, 7) is 2.27. The number of carbonyl (C=O) groups is 1. The fourth-order valence-corrected chi connectivity index (χ4v) is 5.69. The van der Waals surface area contributed by atoms with Crippen LogP contribution in [0.25, 0.3) is 0 Å². The third-order valence-electron chi connectivity index (χ3n) is 4.02. The molecule has 4 nitrogen and oxygen atoms in total. The van der Waals surface area contributed by atoms with Crippen molar-refractivity contribution in [3.05, 3.63) is 56.7 Å². The first-order valence-corrected chi connectivity index (χ1v) is 10.2. The second kappa shape index (κ2) is 6.26. The van der Waals surface area contributed by atoms with Crippen LogP contribution >= 0.6 is 22.9 Å². The van der Waals surface area contributed by atoms with E-state index in [0.717, 1.165) is 10.4 Å². The number of halogens is 1. The van der Waals surface area contributed by atoms with Gasteiger partial charge in [-0.3, -0.25) is 4.79 Å². The van der Waals surface area contributed by atoms with Gasteiger partial charge in [-0.05, 0) is 42.1 Å². The molecule has 23 heavy (non-hydrogen) atoms. The SMILES string of the molecule is Cc1cc(C(=O)N2CCS(=O)(=O)C(c3cccs3)C2)ccc1Cl. The largest absolute Gasteiger partial charge is 0.336 e. The quantitative estimate of drug-likeness (QED) is 0.815. The van der Waals surface area contributed by atoms with Crippen LogP contribution in [0.1, 0.15) is 26.0 Å². The molecule has 0 spiro atoms. The van der Waals surface area contributed by atoms with Crippen molar-refractivity contribution in [2.75, 3.05) is 18.8 Å². The first-order chi connectivity index (χ1) is 10.9. The minimum absolute atomic E-state index is 0.00607. The van der Waals surface area contributed by atoms with Gasteiger partial charge in [0.05, 0.1) is 5.75 Å². The van der Waals surface area contributed by atoms with E-state index in [1.165, 1.54) is 11.3 Å². The van der Waals surface area contributed by atoms with Gasteiger partial charge in [-0.25, -0.2) is 8.42 Å². The molecule has 0 N–H and O–H groups in total. The zero-order valence-corrected chi connectivity index (χ0v) is 14.9. The van der Waals surface area contributed by atoms with Crippen molar-refractivity contribution < 1.29 is 13.2 Å². The van der Waals surface area contributed by atoms with Gasteiger partial charge in [0.1, 0.15) is 5.25 Å². The summed E-state index contributed by atoms with van der Waals surface area (Å²) in [5.41, 5.74) is 1.37. The fraction of sp³-hybridized carbons (Fsp3) is 0.312. The van der Waals surface area contributed by atoms with Gasteiger partial charge < -0.3 is 4.90 Å². The predicted molar refractivity (Wildman–Crippen MR) is 92.9 cm³/mol. The highest BCUT2D eigenvalue weighted by Gasteiger charge is 2.36. The summed E-state index contributed by atoms with van der Waals surface area (Å²) in [5.74, 6) is -0.158. The van der Waals surface area contributed by atoms with E-state index in [2.05, 4.69) is 0 Å². The number of carbonyl (C=O) groups excluding carboxylic acids is 1. The van der Waals surface area contributed by atoms with Crippen LogP contribution in [0, 0.1) is 6.92 Å². The van der Waals surface area contributed by atoms with Gasteiger partial charge in [0, 0.05) is 28.6 Å². The van der Waals surface area contributed by atoms with E-state index in [1.807, 2.05) is 24.4 Å². The summed E-state index contributed by atoms with van der Waals surface area (Å²) in [4.78, 5) is 15.1. The number of thiophene rings is 1. The number of hydrogen-bond acceptors (Lipinski definition) is 4. The van der Waals surface area contributed by atoms with Gasteiger partial charge in [-0.2, -0.15) is 0 Å². The molecule has 0 bridgehead atoms. The Bertz CT molecular complexity index is 831. The Balaban J connectivity index is 1.86. The topological polar surface area (TPSA) is 54.5 Å². The van der Waals surface area contributed by atoms with Crippen LogP contribution in [0.2, 0.25) is 5.02 Å². The molecule has 1 unspecified atom stereocenters. The van der Waals surface area contributed by atoms with Crippen molar-refractivity contribution in [2.45, 2.75) is 12.2 Å². The lowest BCUT2D eigenvalue weighted by Gasteiger charge is -2.32. The van der Waals surface area contributed by atoms with Crippen LogP contribution in [0.15, 0.2) is 35.7 Å². The van der Waals surface area contributed by atoms with Gasteiger partial charge in [-0.15, -0.1) is 11.3 Å². The van der Waals surface area contributed by atoms with Crippen molar-refractivity contribution in [1.29, 1.82) is 0 Å². The van der Waals surface area contributed by atoms with E-state index >= 15 is 0 Å². The summed E-state index contributed by atoms with van der Waals surface area (Å²) in [7, 11) is -3.21. The monoisotopic (exact) mass is 369 g/mol. The molecule has 122 valence electrons. The molecule has 1 aliphatic heterocycles. The number of hydrogen-bond donors (Lipinski definition) is 0. The van der Waals surface area contributed by atoms with E-state index in [1.54, 1.807) is 23.1 Å². The van der Waals surface area contributed by atoms with Crippen molar-refractivity contribution in [3.8, 4) is 0 Å². The third-order valence-corrected chi connectivity index (χ3v) is 7.60. The van der Waals surface area contributed by atoms with Crippen LogP contribution < -0.4 is 0 Å². The highest BCUT2D eigenvalue weighted by molar-refractivity contribution is 7.91. The predicted octanol–water partition coefficient (Wildman–Crippen LogP) is 3.32. The summed E-state index contributed by atoms with van der Waals surface area (Å²) in [6, 6.07) is 8.77. The molecule has 1 aromatic heterocycles. The van der Waals surface area contributed by atoms with Gasteiger partial charge in [0.25, 0.3) is 5.91 Å². The number of aryl methyl sites for hydroxylation is 1. The van der Waals surface area contributed by atoms with E-state index < -0.39 is 15.1 Å². The minimum atomic E-state index is -3.21. The van der Waals surface area contributed by atoms with Crippen molar-refractivity contribution in [1.82, 2.24) is 4.90 Å². The first kappa shape index (κ1) is 16.5. The zero-order valence-electron chi connectivity index (χ0n) is 12.5. The number of sulfone groups is 1. The molecule has 1 aromatic carbocycles. The Morgan fingerprint density at radius 2 is 2.13 bits per heavy atom. The maximum Gasteiger partial charge on any atom is 0.253 e. The maximum atomic E-state index is 12.7. The number of amides is 1. The average molecular weight is 370 g/mol. The number of nitrogens with zero attached hydrogens (tertiary/aromatic N) is 1. The Morgan fingerprint density at radius 1 is 1.35 bits per heavy atom. The lowest BCUT2D eigenvalue weighted by Crippen LogP contribution is -2.45. The van der Waals surface area contributed by atoms with Gasteiger partial charge in [0.2, 0.25) is 0 Å². The number of rotatable bonds is 2. The minimum Gasteiger partial charge on any atom is -0.336 e. The Labute approximate surface area is 144 Å². The molecule has 1 fully saturated rings. The van der Waals surface area contributed by atoms with Gasteiger partial charge in [-0.1, -0.05) is 17.7 Å². The summed E-state index contributed by atoms with van der Waals surface area (Å²) >= 11 is 7.41. The molecular weight excluding hydrogens is 354 g/mol. The van der Waals surface area contributed by atoms with E-state index in [9.17, 15) is 13.2 Å². The molecule has 7 heteroatoms. The number of benzene rings is 1. The standard InChI is InChI=1S/C16H16ClNO3S2/c1-11-9-12(4-5-13(11)17)16(19)18-6-8-23(20,21)15(10-18)14-3-2-7-22-14/h2-5,7,9,15H,6,8,10H2,1H3. The zero-order chi connectivity index (χ0) is 16.6. The van der Waals surface area contributed by atoms with Gasteiger partial charge in [0.15, 0.2) is 9.84 Å². The molecule has 2 aromatic rings. The van der Waals surface area contributed by atoms with Crippen LogP contribution in [0.5, 0.6) is 0 Å². The average Bonchev–Trinajstić information content (AvgIpc) is 3.03. The van der Waals surface area contributed by atoms with Gasteiger partial charge >= 0.3 is 0 Å². The molecule has 1 aliphatic rings. The lowest BCUT2D eigenvalue weighted by atomic mass is 10.1. The Hall–Kier alpha value is -1.37. The van der Waals surface area contributed by atoms with E-state index in [4.69, 9.17) is 11.6 Å². The molecule has 1 saturated heterocycles. The lowest BCUT2D eigenvalue weighted by molar-refractivity contribution is 0.0758. The first-order valence-electron chi connectivity index (χ1n) is 7.19. The van der Waals surface area contributed by atoms with Crippen molar-refractivity contribution in [3.63, 3.8) is 0 Å². The second-order valence-corrected chi connectivity index (χ2v) is 9.28. The maximum absolute atomic E-state index is 12.7. The van der Waals surface area contributed by atoms with Crippen LogP contribution in [-0.4, -0.2) is 38.1 Å².